The summed E-state index contributed by atoms with van der Waals surface area (Å²) >= 11 is 0. The van der Waals surface area contributed by atoms with Crippen LogP contribution in [0.5, 0.6) is 0 Å². The number of esters is 2. The standard InChI is InChI=1S/C36H36O4/c1-4-22(2)35(37)40-34-13-11-24(12-14-34)36(38)39-23(3)25-9-10-28-18-32-20-30-16-26-7-5-6-8-27(26)17-31(30)21-33(32)19-29(28)15-25/h5-10,15-24,34H,4,11-14H2,1-3H3. The number of carbonyl (C=O) groups excluding carboxylic acids is 2. The second-order valence-electron chi connectivity index (χ2n) is 11.5. The van der Waals surface area contributed by atoms with Gasteiger partial charge in [0.2, 0.25) is 0 Å². The third kappa shape index (κ3) is 5.28. The van der Waals surface area contributed by atoms with Crippen molar-refractivity contribution in [2.45, 2.75) is 65.1 Å². The van der Waals surface area contributed by atoms with E-state index in [1.165, 1.54) is 37.7 Å². The Labute approximate surface area is 235 Å². The summed E-state index contributed by atoms with van der Waals surface area (Å²) in [5.41, 5.74) is 0.989. The fourth-order valence-corrected chi connectivity index (χ4v) is 5.92. The first-order chi connectivity index (χ1) is 19.4. The van der Waals surface area contributed by atoms with E-state index in [0.29, 0.717) is 25.7 Å². The molecule has 0 bridgehead atoms. The van der Waals surface area contributed by atoms with Crippen LogP contribution in [0.2, 0.25) is 0 Å². The molecule has 4 heteroatoms. The summed E-state index contributed by atoms with van der Waals surface area (Å²) in [7, 11) is 0. The minimum atomic E-state index is -0.337. The van der Waals surface area contributed by atoms with E-state index in [9.17, 15) is 9.59 Å². The van der Waals surface area contributed by atoms with Gasteiger partial charge >= 0.3 is 11.9 Å². The molecule has 1 aliphatic carbocycles. The molecule has 0 radical (unpaired) electrons. The van der Waals surface area contributed by atoms with Gasteiger partial charge in [0.15, 0.2) is 0 Å². The van der Waals surface area contributed by atoms with Crippen molar-refractivity contribution in [2.75, 3.05) is 0 Å². The smallest absolute Gasteiger partial charge is 0.309 e. The predicted molar refractivity (Wildman–Crippen MR) is 162 cm³/mol. The molecule has 5 aromatic carbocycles. The van der Waals surface area contributed by atoms with Crippen LogP contribution in [0.25, 0.3) is 43.1 Å². The average molecular weight is 533 g/mol. The van der Waals surface area contributed by atoms with E-state index in [4.69, 9.17) is 9.47 Å². The molecule has 0 saturated heterocycles. The van der Waals surface area contributed by atoms with Gasteiger partial charge in [-0.05, 0) is 130 Å². The van der Waals surface area contributed by atoms with Crippen molar-refractivity contribution in [3.05, 3.63) is 84.4 Å². The Bertz CT molecular complexity index is 1730. The number of carbonyl (C=O) groups is 2. The molecular weight excluding hydrogens is 496 g/mol. The summed E-state index contributed by atoms with van der Waals surface area (Å²) in [5, 5.41) is 9.68. The molecule has 0 amide bonds. The maximum atomic E-state index is 13.0. The van der Waals surface area contributed by atoms with E-state index in [1.807, 2.05) is 20.8 Å². The van der Waals surface area contributed by atoms with Gasteiger partial charge in [0.1, 0.15) is 12.2 Å². The van der Waals surface area contributed by atoms with Crippen LogP contribution in [0.1, 0.15) is 64.5 Å². The van der Waals surface area contributed by atoms with Crippen molar-refractivity contribution in [1.82, 2.24) is 0 Å². The van der Waals surface area contributed by atoms with Crippen LogP contribution in [0.15, 0.2) is 78.9 Å². The Morgan fingerprint density at radius 2 is 1.20 bits per heavy atom. The summed E-state index contributed by atoms with van der Waals surface area (Å²) in [4.78, 5) is 25.1. The van der Waals surface area contributed by atoms with Crippen molar-refractivity contribution in [3.63, 3.8) is 0 Å². The Morgan fingerprint density at radius 1 is 0.700 bits per heavy atom. The molecule has 40 heavy (non-hydrogen) atoms. The topological polar surface area (TPSA) is 52.6 Å². The van der Waals surface area contributed by atoms with E-state index in [1.54, 1.807) is 0 Å². The van der Waals surface area contributed by atoms with E-state index in [2.05, 4.69) is 78.9 Å². The van der Waals surface area contributed by atoms with Crippen LogP contribution in [0.3, 0.4) is 0 Å². The Balaban J connectivity index is 1.16. The van der Waals surface area contributed by atoms with Crippen LogP contribution >= 0.6 is 0 Å². The van der Waals surface area contributed by atoms with Crippen LogP contribution in [-0.2, 0) is 19.1 Å². The first-order valence-corrected chi connectivity index (χ1v) is 14.6. The van der Waals surface area contributed by atoms with Crippen molar-refractivity contribution >= 4 is 55.0 Å². The fraction of sp³-hybridized carbons (Fsp3) is 0.333. The molecule has 0 aromatic heterocycles. The number of fused-ring (bicyclic) bond motifs is 4. The van der Waals surface area contributed by atoms with Crippen LogP contribution in [-0.4, -0.2) is 18.0 Å². The normalized spacial score (nSPS) is 19.1. The zero-order chi connectivity index (χ0) is 27.8. The van der Waals surface area contributed by atoms with Gasteiger partial charge in [-0.25, -0.2) is 0 Å². The highest BCUT2D eigenvalue weighted by molar-refractivity contribution is 6.08. The lowest BCUT2D eigenvalue weighted by molar-refractivity contribution is -0.159. The fourth-order valence-electron chi connectivity index (χ4n) is 5.92. The molecule has 1 aliphatic rings. The minimum absolute atomic E-state index is 0.0804. The van der Waals surface area contributed by atoms with Crippen LogP contribution in [0.4, 0.5) is 0 Å². The van der Waals surface area contributed by atoms with E-state index >= 15 is 0 Å². The van der Waals surface area contributed by atoms with Gasteiger partial charge in [0.05, 0.1) is 11.8 Å². The molecule has 2 atom stereocenters. The molecule has 0 heterocycles. The van der Waals surface area contributed by atoms with Crippen LogP contribution < -0.4 is 0 Å². The monoisotopic (exact) mass is 532 g/mol. The minimum Gasteiger partial charge on any atom is -0.462 e. The van der Waals surface area contributed by atoms with E-state index in [0.717, 1.165) is 17.4 Å². The van der Waals surface area contributed by atoms with Gasteiger partial charge in [0, 0.05) is 0 Å². The highest BCUT2D eigenvalue weighted by atomic mass is 16.5. The lowest BCUT2D eigenvalue weighted by atomic mass is 9.87. The Morgan fingerprint density at radius 3 is 1.75 bits per heavy atom. The second kappa shape index (κ2) is 10.9. The number of ether oxygens (including phenoxy) is 2. The number of benzene rings is 5. The summed E-state index contributed by atoms with van der Waals surface area (Å²) in [5.74, 6) is -0.512. The van der Waals surface area contributed by atoms with Gasteiger partial charge in [-0.1, -0.05) is 50.2 Å². The molecule has 5 aromatic rings. The quantitative estimate of drug-likeness (QED) is 0.162. The third-order valence-corrected chi connectivity index (χ3v) is 8.71. The first-order valence-electron chi connectivity index (χ1n) is 14.6. The van der Waals surface area contributed by atoms with E-state index < -0.39 is 0 Å². The molecule has 4 nitrogen and oxygen atoms in total. The Kier molecular flexibility index (Phi) is 7.18. The highest BCUT2D eigenvalue weighted by Crippen LogP contribution is 2.33. The highest BCUT2D eigenvalue weighted by Gasteiger charge is 2.31. The van der Waals surface area contributed by atoms with Crippen molar-refractivity contribution in [1.29, 1.82) is 0 Å². The van der Waals surface area contributed by atoms with Crippen molar-refractivity contribution < 1.29 is 19.1 Å². The van der Waals surface area contributed by atoms with Gasteiger partial charge < -0.3 is 9.47 Å². The lowest BCUT2D eigenvalue weighted by Crippen LogP contribution is -2.30. The first kappa shape index (κ1) is 26.3. The van der Waals surface area contributed by atoms with Crippen molar-refractivity contribution in [2.24, 2.45) is 11.8 Å². The van der Waals surface area contributed by atoms with Crippen molar-refractivity contribution in [3.8, 4) is 0 Å². The van der Waals surface area contributed by atoms with Gasteiger partial charge in [-0.15, -0.1) is 0 Å². The summed E-state index contributed by atoms with van der Waals surface area (Å²) in [6.45, 7) is 5.82. The molecule has 1 fully saturated rings. The number of hydrogen-bond donors (Lipinski definition) is 0. The van der Waals surface area contributed by atoms with Gasteiger partial charge in [-0.2, -0.15) is 0 Å². The van der Waals surface area contributed by atoms with Gasteiger partial charge in [-0.3, -0.25) is 9.59 Å². The molecule has 2 unspecified atom stereocenters. The molecule has 0 spiro atoms. The number of rotatable bonds is 6. The zero-order valence-electron chi connectivity index (χ0n) is 23.5. The predicted octanol–water partition coefficient (Wildman–Crippen LogP) is 9.05. The summed E-state index contributed by atoms with van der Waals surface area (Å²) in [6, 6.07) is 28.3. The van der Waals surface area contributed by atoms with Crippen LogP contribution in [0, 0.1) is 11.8 Å². The second-order valence-corrected chi connectivity index (χ2v) is 11.5. The molecule has 0 aliphatic heterocycles. The lowest BCUT2D eigenvalue weighted by Gasteiger charge is -2.28. The molecule has 1 saturated carbocycles. The number of hydrogen-bond acceptors (Lipinski definition) is 4. The molecule has 204 valence electrons. The zero-order valence-corrected chi connectivity index (χ0v) is 23.5. The maximum absolute atomic E-state index is 13.0. The summed E-state index contributed by atoms with van der Waals surface area (Å²) < 4.78 is 11.6. The third-order valence-electron chi connectivity index (χ3n) is 8.71. The maximum Gasteiger partial charge on any atom is 0.309 e. The van der Waals surface area contributed by atoms with E-state index in [-0.39, 0.29) is 36.0 Å². The molecule has 0 N–H and O–H groups in total. The summed E-state index contributed by atoms with van der Waals surface area (Å²) in [6.07, 6.45) is 3.16. The largest absolute Gasteiger partial charge is 0.462 e. The average Bonchev–Trinajstić information content (AvgIpc) is 2.97. The SMILES string of the molecule is CCC(C)C(=O)OC1CCC(C(=O)OC(C)c2ccc3cc4cc5cc6ccccc6cc5cc4cc3c2)CC1. The Hall–Kier alpha value is -3.92. The molecule has 6 rings (SSSR count). The van der Waals surface area contributed by atoms with Gasteiger partial charge in [0.25, 0.3) is 0 Å². The molecular formula is C36H36O4.